The van der Waals surface area contributed by atoms with Gasteiger partial charge in [-0.1, -0.05) is 18.2 Å². The Kier molecular flexibility index (Phi) is 6.38. The Morgan fingerprint density at radius 1 is 1.00 bits per heavy atom. The number of hydrogen-bond acceptors (Lipinski definition) is 6. The maximum atomic E-state index is 13.5. The van der Waals surface area contributed by atoms with E-state index in [9.17, 15) is 9.59 Å². The van der Waals surface area contributed by atoms with Crippen LogP contribution in [0.5, 0.6) is 17.2 Å². The molecule has 1 aromatic heterocycles. The van der Waals surface area contributed by atoms with Crippen molar-refractivity contribution in [3.63, 3.8) is 0 Å². The molecule has 0 fully saturated rings. The highest BCUT2D eigenvalue weighted by molar-refractivity contribution is 5.94. The van der Waals surface area contributed by atoms with Crippen molar-refractivity contribution in [2.75, 3.05) is 27.4 Å². The first-order valence-electron chi connectivity index (χ1n) is 11.8. The van der Waals surface area contributed by atoms with Gasteiger partial charge in [-0.3, -0.25) is 4.79 Å². The minimum Gasteiger partial charge on any atom is -0.493 e. The van der Waals surface area contributed by atoms with E-state index in [1.807, 2.05) is 66.4 Å². The maximum Gasteiger partial charge on any atom is 0.336 e. The van der Waals surface area contributed by atoms with E-state index >= 15 is 0 Å². The van der Waals surface area contributed by atoms with Crippen molar-refractivity contribution in [3.05, 3.63) is 99.4 Å². The van der Waals surface area contributed by atoms with Crippen LogP contribution in [0.4, 0.5) is 0 Å². The third-order valence-corrected chi connectivity index (χ3v) is 6.61. The topological polar surface area (TPSA) is 78.2 Å². The summed E-state index contributed by atoms with van der Waals surface area (Å²) in [6.45, 7) is 2.62. The van der Waals surface area contributed by atoms with Gasteiger partial charge in [-0.25, -0.2) is 4.79 Å². The van der Waals surface area contributed by atoms with Crippen molar-refractivity contribution >= 4 is 16.9 Å². The second-order valence-corrected chi connectivity index (χ2v) is 8.75. The molecular weight excluding hydrogens is 458 g/mol. The van der Waals surface area contributed by atoms with Crippen molar-refractivity contribution in [3.8, 4) is 17.2 Å². The highest BCUT2D eigenvalue weighted by Crippen LogP contribution is 2.39. The number of ether oxygens (including phenoxy) is 3. The average Bonchev–Trinajstić information content (AvgIpc) is 2.90. The predicted octanol–water partition coefficient (Wildman–Crippen LogP) is 4.94. The fourth-order valence-electron chi connectivity index (χ4n) is 4.77. The SMILES string of the molecule is COc1cc2c(cc1OC)C(COc1ccc3c(C)cc(=O)oc3c1)N(C(=O)c1ccccc1)CC2. The van der Waals surface area contributed by atoms with Crippen LogP contribution in [-0.2, 0) is 6.42 Å². The lowest BCUT2D eigenvalue weighted by Crippen LogP contribution is -2.42. The van der Waals surface area contributed by atoms with Gasteiger partial charge in [0.05, 0.1) is 20.3 Å². The summed E-state index contributed by atoms with van der Waals surface area (Å²) in [5, 5.41) is 0.850. The van der Waals surface area contributed by atoms with E-state index in [-0.39, 0.29) is 18.6 Å². The highest BCUT2D eigenvalue weighted by Gasteiger charge is 2.33. The molecule has 0 aliphatic carbocycles. The van der Waals surface area contributed by atoms with Crippen LogP contribution in [0.15, 0.2) is 75.9 Å². The van der Waals surface area contributed by atoms with Gasteiger partial charge in [-0.05, 0) is 66.4 Å². The van der Waals surface area contributed by atoms with E-state index in [0.717, 1.165) is 22.1 Å². The van der Waals surface area contributed by atoms with Crippen molar-refractivity contribution in [1.29, 1.82) is 0 Å². The lowest BCUT2D eigenvalue weighted by atomic mass is 9.91. The molecule has 36 heavy (non-hydrogen) atoms. The molecule has 0 bridgehead atoms. The molecule has 1 amide bonds. The standard InChI is InChI=1S/C29H27NO6/c1-18-13-28(31)36-25-15-21(9-10-22(18)25)35-17-24-23-16-27(34-3)26(33-2)14-20(23)11-12-30(24)29(32)19-7-5-4-6-8-19/h4-10,13-16,24H,11-12,17H2,1-3H3. The van der Waals surface area contributed by atoms with Crippen LogP contribution >= 0.6 is 0 Å². The lowest BCUT2D eigenvalue weighted by Gasteiger charge is -2.37. The van der Waals surface area contributed by atoms with Crippen LogP contribution in [-0.4, -0.2) is 38.2 Å². The number of rotatable bonds is 6. The number of aryl methyl sites for hydroxylation is 1. The van der Waals surface area contributed by atoms with E-state index in [4.69, 9.17) is 18.6 Å². The fraction of sp³-hybridized carbons (Fsp3) is 0.241. The van der Waals surface area contributed by atoms with E-state index in [1.165, 1.54) is 6.07 Å². The van der Waals surface area contributed by atoms with Gasteiger partial charge in [0.1, 0.15) is 17.9 Å². The van der Waals surface area contributed by atoms with E-state index in [2.05, 4.69) is 0 Å². The Bertz CT molecular complexity index is 1480. The number of fused-ring (bicyclic) bond motifs is 2. The number of carbonyl (C=O) groups is 1. The third-order valence-electron chi connectivity index (χ3n) is 6.61. The van der Waals surface area contributed by atoms with Crippen LogP contribution in [0.2, 0.25) is 0 Å². The largest absolute Gasteiger partial charge is 0.493 e. The number of methoxy groups -OCH3 is 2. The minimum atomic E-state index is -0.404. The average molecular weight is 486 g/mol. The molecule has 2 heterocycles. The molecule has 184 valence electrons. The molecule has 0 saturated heterocycles. The normalized spacial score (nSPS) is 14.9. The molecule has 7 nitrogen and oxygen atoms in total. The molecule has 0 spiro atoms. The summed E-state index contributed by atoms with van der Waals surface area (Å²) in [5.74, 6) is 1.73. The fourth-order valence-corrected chi connectivity index (χ4v) is 4.77. The second kappa shape index (κ2) is 9.77. The highest BCUT2D eigenvalue weighted by atomic mass is 16.5. The van der Waals surface area contributed by atoms with Gasteiger partial charge in [0.25, 0.3) is 5.91 Å². The Morgan fingerprint density at radius 3 is 2.50 bits per heavy atom. The van der Waals surface area contributed by atoms with Gasteiger partial charge in [-0.2, -0.15) is 0 Å². The Morgan fingerprint density at radius 2 is 1.75 bits per heavy atom. The first-order chi connectivity index (χ1) is 17.5. The van der Waals surface area contributed by atoms with Crippen LogP contribution in [0.25, 0.3) is 11.0 Å². The first kappa shape index (κ1) is 23.5. The summed E-state index contributed by atoms with van der Waals surface area (Å²) in [4.78, 5) is 27.2. The molecule has 0 saturated carbocycles. The molecule has 0 radical (unpaired) electrons. The summed E-state index contributed by atoms with van der Waals surface area (Å²) in [7, 11) is 3.20. The van der Waals surface area contributed by atoms with Gasteiger partial charge in [0.15, 0.2) is 11.5 Å². The molecule has 5 rings (SSSR count). The number of carbonyl (C=O) groups excluding carboxylic acids is 1. The molecular formula is C29H27NO6. The zero-order valence-electron chi connectivity index (χ0n) is 20.4. The van der Waals surface area contributed by atoms with Crippen molar-refractivity contribution < 1.29 is 23.4 Å². The number of nitrogens with zero attached hydrogens (tertiary/aromatic N) is 1. The van der Waals surface area contributed by atoms with Crippen LogP contribution in [0.3, 0.4) is 0 Å². The molecule has 1 atom stereocenters. The van der Waals surface area contributed by atoms with Crippen LogP contribution in [0.1, 0.15) is 33.1 Å². The summed E-state index contributed by atoms with van der Waals surface area (Å²) in [6.07, 6.45) is 0.686. The number of benzene rings is 3. The molecule has 7 heteroatoms. The summed E-state index contributed by atoms with van der Waals surface area (Å²) in [6, 6.07) is 19.7. The van der Waals surface area contributed by atoms with E-state index in [1.54, 1.807) is 20.3 Å². The summed E-state index contributed by atoms with van der Waals surface area (Å²) in [5.41, 5.74) is 3.55. The zero-order chi connectivity index (χ0) is 25.2. The maximum absolute atomic E-state index is 13.5. The van der Waals surface area contributed by atoms with Gasteiger partial charge in [0, 0.05) is 29.6 Å². The van der Waals surface area contributed by atoms with E-state index < -0.39 is 5.63 Å². The Balaban J connectivity index is 1.51. The van der Waals surface area contributed by atoms with Gasteiger partial charge in [-0.15, -0.1) is 0 Å². The van der Waals surface area contributed by atoms with Crippen molar-refractivity contribution in [1.82, 2.24) is 4.90 Å². The summed E-state index contributed by atoms with van der Waals surface area (Å²) >= 11 is 0. The molecule has 1 unspecified atom stereocenters. The van der Waals surface area contributed by atoms with Crippen LogP contribution < -0.4 is 19.8 Å². The van der Waals surface area contributed by atoms with E-state index in [0.29, 0.717) is 41.4 Å². The summed E-state index contributed by atoms with van der Waals surface area (Å²) < 4.78 is 22.6. The predicted molar refractivity (Wildman–Crippen MR) is 136 cm³/mol. The zero-order valence-corrected chi connectivity index (χ0v) is 20.4. The first-order valence-corrected chi connectivity index (χ1v) is 11.8. The molecule has 1 aliphatic rings. The Labute approximate surface area is 208 Å². The number of amides is 1. The van der Waals surface area contributed by atoms with Crippen molar-refractivity contribution in [2.24, 2.45) is 0 Å². The Hall–Kier alpha value is -4.26. The third kappa shape index (κ3) is 4.40. The minimum absolute atomic E-state index is 0.0650. The quantitative estimate of drug-likeness (QED) is 0.360. The number of hydrogen-bond donors (Lipinski definition) is 0. The molecule has 4 aromatic rings. The van der Waals surface area contributed by atoms with Crippen LogP contribution in [0, 0.1) is 6.92 Å². The van der Waals surface area contributed by atoms with Crippen molar-refractivity contribution in [2.45, 2.75) is 19.4 Å². The molecule has 1 aliphatic heterocycles. The molecule has 3 aromatic carbocycles. The monoisotopic (exact) mass is 485 g/mol. The second-order valence-electron chi connectivity index (χ2n) is 8.75. The van der Waals surface area contributed by atoms with Gasteiger partial charge < -0.3 is 23.5 Å². The van der Waals surface area contributed by atoms with Gasteiger partial charge >= 0.3 is 5.63 Å². The smallest absolute Gasteiger partial charge is 0.336 e. The molecule has 0 N–H and O–H groups in total. The lowest BCUT2D eigenvalue weighted by molar-refractivity contribution is 0.0589. The van der Waals surface area contributed by atoms with Gasteiger partial charge in [0.2, 0.25) is 0 Å².